The van der Waals surface area contributed by atoms with Crippen LogP contribution in [0.1, 0.15) is 29.6 Å². The Morgan fingerprint density at radius 1 is 1.24 bits per heavy atom. The summed E-state index contributed by atoms with van der Waals surface area (Å²) in [4.78, 5) is 19.6. The Morgan fingerprint density at radius 2 is 2.14 bits per heavy atom. The SMILES string of the molecule is O=C(NC1CC[C@H]2CNC[C@H]2C1)c1ccc2nc[nH]c2c1. The van der Waals surface area contributed by atoms with Crippen molar-refractivity contribution < 1.29 is 4.79 Å². The Bertz CT molecular complexity index is 665. The van der Waals surface area contributed by atoms with Crippen LogP contribution in [0.15, 0.2) is 24.5 Å². The molecular formula is C16H20N4O. The smallest absolute Gasteiger partial charge is 0.251 e. The maximum absolute atomic E-state index is 12.4. The average Bonchev–Trinajstić information content (AvgIpc) is 3.14. The number of aromatic amines is 1. The molecule has 3 N–H and O–H groups in total. The molecule has 2 heterocycles. The van der Waals surface area contributed by atoms with E-state index in [0.717, 1.165) is 48.8 Å². The number of aromatic nitrogens is 2. The van der Waals surface area contributed by atoms with Gasteiger partial charge in [0.25, 0.3) is 5.91 Å². The van der Waals surface area contributed by atoms with Crippen LogP contribution in [0, 0.1) is 11.8 Å². The van der Waals surface area contributed by atoms with Crippen molar-refractivity contribution in [2.24, 2.45) is 11.8 Å². The van der Waals surface area contributed by atoms with E-state index in [1.165, 1.54) is 6.42 Å². The van der Waals surface area contributed by atoms with Gasteiger partial charge in [-0.15, -0.1) is 0 Å². The van der Waals surface area contributed by atoms with Gasteiger partial charge in [0.2, 0.25) is 0 Å². The number of imidazole rings is 1. The third kappa shape index (κ3) is 2.42. The first kappa shape index (κ1) is 12.8. The zero-order valence-corrected chi connectivity index (χ0v) is 11.9. The van der Waals surface area contributed by atoms with Crippen LogP contribution in [0.2, 0.25) is 0 Å². The van der Waals surface area contributed by atoms with E-state index in [0.29, 0.717) is 11.6 Å². The van der Waals surface area contributed by atoms with Gasteiger partial charge in [-0.3, -0.25) is 4.79 Å². The second-order valence-corrected chi connectivity index (χ2v) is 6.30. The molecule has 0 radical (unpaired) electrons. The largest absolute Gasteiger partial charge is 0.349 e. The Morgan fingerprint density at radius 3 is 3.10 bits per heavy atom. The summed E-state index contributed by atoms with van der Waals surface area (Å²) >= 11 is 0. The third-order valence-corrected chi connectivity index (χ3v) is 4.97. The van der Waals surface area contributed by atoms with E-state index in [9.17, 15) is 4.79 Å². The van der Waals surface area contributed by atoms with Gasteiger partial charge in [-0.1, -0.05) is 0 Å². The summed E-state index contributed by atoms with van der Waals surface area (Å²) in [6.45, 7) is 2.26. The van der Waals surface area contributed by atoms with Crippen molar-refractivity contribution in [2.45, 2.75) is 25.3 Å². The second kappa shape index (κ2) is 5.15. The summed E-state index contributed by atoms with van der Waals surface area (Å²) in [6, 6.07) is 5.93. The first-order chi connectivity index (χ1) is 10.3. The fraction of sp³-hybridized carbons (Fsp3) is 0.500. The number of H-pyrrole nitrogens is 1. The van der Waals surface area contributed by atoms with Gasteiger partial charge < -0.3 is 15.6 Å². The van der Waals surface area contributed by atoms with E-state index >= 15 is 0 Å². The van der Waals surface area contributed by atoms with Gasteiger partial charge in [-0.25, -0.2) is 4.98 Å². The van der Waals surface area contributed by atoms with Crippen molar-refractivity contribution in [2.75, 3.05) is 13.1 Å². The topological polar surface area (TPSA) is 69.8 Å². The van der Waals surface area contributed by atoms with Gasteiger partial charge in [0.05, 0.1) is 17.4 Å². The van der Waals surface area contributed by atoms with Gasteiger partial charge in [0, 0.05) is 11.6 Å². The number of benzene rings is 1. The number of hydrogen-bond donors (Lipinski definition) is 3. The zero-order valence-electron chi connectivity index (χ0n) is 11.9. The molecule has 1 aromatic heterocycles. The lowest BCUT2D eigenvalue weighted by Crippen LogP contribution is -2.40. The molecule has 2 aromatic rings. The molecule has 3 atom stereocenters. The number of rotatable bonds is 2. The highest BCUT2D eigenvalue weighted by atomic mass is 16.1. The van der Waals surface area contributed by atoms with Crippen LogP contribution in [0.4, 0.5) is 0 Å². The molecule has 4 rings (SSSR count). The minimum absolute atomic E-state index is 0.0286. The minimum atomic E-state index is 0.0286. The summed E-state index contributed by atoms with van der Waals surface area (Å²) < 4.78 is 0. The van der Waals surface area contributed by atoms with Crippen molar-refractivity contribution in [3.63, 3.8) is 0 Å². The van der Waals surface area contributed by atoms with Crippen LogP contribution < -0.4 is 10.6 Å². The fourth-order valence-corrected chi connectivity index (χ4v) is 3.78. The summed E-state index contributed by atoms with van der Waals surface area (Å²) in [7, 11) is 0. The van der Waals surface area contributed by atoms with Crippen molar-refractivity contribution in [1.82, 2.24) is 20.6 Å². The van der Waals surface area contributed by atoms with Crippen LogP contribution in [-0.4, -0.2) is 35.0 Å². The molecule has 1 saturated heterocycles. The Hall–Kier alpha value is -1.88. The first-order valence-electron chi connectivity index (χ1n) is 7.74. The lowest BCUT2D eigenvalue weighted by molar-refractivity contribution is 0.0913. The highest BCUT2D eigenvalue weighted by Crippen LogP contribution is 2.32. The summed E-state index contributed by atoms with van der Waals surface area (Å²) in [5.74, 6) is 1.58. The van der Waals surface area contributed by atoms with Gasteiger partial charge in [0.1, 0.15) is 0 Å². The monoisotopic (exact) mass is 284 g/mol. The molecule has 21 heavy (non-hydrogen) atoms. The first-order valence-corrected chi connectivity index (χ1v) is 7.74. The number of carbonyl (C=O) groups is 1. The van der Waals surface area contributed by atoms with Crippen LogP contribution >= 0.6 is 0 Å². The Kier molecular flexibility index (Phi) is 3.15. The molecule has 2 fully saturated rings. The molecule has 110 valence electrons. The molecule has 0 bridgehead atoms. The van der Waals surface area contributed by atoms with Gasteiger partial charge in [-0.05, 0) is 62.4 Å². The van der Waals surface area contributed by atoms with E-state index in [1.54, 1.807) is 6.33 Å². The molecular weight excluding hydrogens is 264 g/mol. The van der Waals surface area contributed by atoms with Crippen molar-refractivity contribution >= 4 is 16.9 Å². The molecule has 1 aliphatic carbocycles. The zero-order chi connectivity index (χ0) is 14.2. The third-order valence-electron chi connectivity index (χ3n) is 4.97. The minimum Gasteiger partial charge on any atom is -0.349 e. The molecule has 5 nitrogen and oxygen atoms in total. The number of nitrogens with one attached hydrogen (secondary N) is 3. The highest BCUT2D eigenvalue weighted by molar-refractivity contribution is 5.97. The number of amides is 1. The van der Waals surface area contributed by atoms with Crippen LogP contribution in [0.3, 0.4) is 0 Å². The van der Waals surface area contributed by atoms with Crippen LogP contribution in [0.5, 0.6) is 0 Å². The van der Waals surface area contributed by atoms with E-state index in [2.05, 4.69) is 20.6 Å². The summed E-state index contributed by atoms with van der Waals surface area (Å²) in [5.41, 5.74) is 2.51. The normalized spacial score (nSPS) is 28.5. The van der Waals surface area contributed by atoms with Gasteiger partial charge >= 0.3 is 0 Å². The van der Waals surface area contributed by atoms with Gasteiger partial charge in [-0.2, -0.15) is 0 Å². The number of fused-ring (bicyclic) bond motifs is 2. The second-order valence-electron chi connectivity index (χ2n) is 6.30. The lowest BCUT2D eigenvalue weighted by atomic mass is 9.79. The van der Waals surface area contributed by atoms with Crippen molar-refractivity contribution in [3.05, 3.63) is 30.1 Å². The standard InChI is InChI=1S/C16H20N4O/c21-16(10-2-4-14-15(6-10)19-9-18-14)20-13-3-1-11-7-17-8-12(11)5-13/h2,4,6,9,11-13,17H,1,3,5,7-8H2,(H,18,19)(H,20,21)/t11-,12+,13?/m0/s1. The maximum Gasteiger partial charge on any atom is 0.251 e. The van der Waals surface area contributed by atoms with Gasteiger partial charge in [0.15, 0.2) is 0 Å². The van der Waals surface area contributed by atoms with Crippen molar-refractivity contribution in [3.8, 4) is 0 Å². The predicted octanol–water partition coefficient (Wildman–Crippen LogP) is 1.68. The maximum atomic E-state index is 12.4. The van der Waals surface area contributed by atoms with Crippen molar-refractivity contribution in [1.29, 1.82) is 0 Å². The van der Waals surface area contributed by atoms with Crippen LogP contribution in [-0.2, 0) is 0 Å². The predicted molar refractivity (Wildman–Crippen MR) is 81.0 cm³/mol. The summed E-state index contributed by atoms with van der Waals surface area (Å²) in [5, 5.41) is 6.67. The molecule has 0 spiro atoms. The number of nitrogens with zero attached hydrogens (tertiary/aromatic N) is 1. The molecule has 1 amide bonds. The quantitative estimate of drug-likeness (QED) is 0.786. The molecule has 1 aliphatic heterocycles. The van der Waals surface area contributed by atoms with E-state index in [1.807, 2.05) is 18.2 Å². The lowest BCUT2D eigenvalue weighted by Gasteiger charge is -2.31. The van der Waals surface area contributed by atoms with E-state index in [-0.39, 0.29) is 5.91 Å². The molecule has 2 aliphatic rings. The summed E-state index contributed by atoms with van der Waals surface area (Å²) in [6.07, 6.45) is 5.08. The fourth-order valence-electron chi connectivity index (χ4n) is 3.78. The Labute approximate surface area is 123 Å². The average molecular weight is 284 g/mol. The van der Waals surface area contributed by atoms with E-state index in [4.69, 9.17) is 0 Å². The van der Waals surface area contributed by atoms with Crippen LogP contribution in [0.25, 0.3) is 11.0 Å². The van der Waals surface area contributed by atoms with E-state index < -0.39 is 0 Å². The molecule has 1 aromatic carbocycles. The highest BCUT2D eigenvalue weighted by Gasteiger charge is 2.34. The molecule has 1 unspecified atom stereocenters. The Balaban J connectivity index is 1.45. The number of carbonyl (C=O) groups excluding carboxylic acids is 1. The molecule has 1 saturated carbocycles. The number of hydrogen-bond acceptors (Lipinski definition) is 3. The molecule has 5 heteroatoms.